The van der Waals surface area contributed by atoms with Gasteiger partial charge in [0.2, 0.25) is 0 Å². The largest absolute Gasteiger partial charge is 1.00 e. The Morgan fingerprint density at radius 2 is 1.04 bits per heavy atom. The van der Waals surface area contributed by atoms with Crippen LogP contribution in [0.1, 0.15) is 46.2 Å². The van der Waals surface area contributed by atoms with Gasteiger partial charge in [0.1, 0.15) is 0 Å². The molecule has 0 amide bonds. The van der Waals surface area contributed by atoms with Crippen LogP contribution in [0.15, 0.2) is 60.2 Å². The molecule has 4 heteroatoms. The average Bonchev–Trinajstić information content (AvgIpc) is 2.76. The third kappa shape index (κ3) is 5.99. The molecule has 27 heavy (non-hydrogen) atoms. The summed E-state index contributed by atoms with van der Waals surface area (Å²) in [5.74, 6) is 0.336. The quantitative estimate of drug-likeness (QED) is 0.442. The Morgan fingerprint density at radius 1 is 0.667 bits per heavy atom. The first-order valence-electron chi connectivity index (χ1n) is 8.57. The molecule has 0 heterocycles. The van der Waals surface area contributed by atoms with E-state index in [-0.39, 0.29) is 40.9 Å². The first-order valence-corrected chi connectivity index (χ1v) is 9.35. The van der Waals surface area contributed by atoms with Crippen LogP contribution in [0.2, 0.25) is 3.72 Å². The molecule has 142 valence electrons. The van der Waals surface area contributed by atoms with Crippen LogP contribution in [-0.2, 0) is 20.4 Å². The van der Waals surface area contributed by atoms with Crippen molar-refractivity contribution in [1.29, 1.82) is 0 Å². The molecule has 0 N–H and O–H groups in total. The minimum atomic E-state index is 0. The van der Waals surface area contributed by atoms with E-state index >= 15 is 0 Å². The van der Waals surface area contributed by atoms with Crippen molar-refractivity contribution in [3.8, 4) is 0 Å². The van der Waals surface area contributed by atoms with Crippen LogP contribution < -0.4 is 37.2 Å². The number of rotatable bonds is 3. The van der Waals surface area contributed by atoms with Gasteiger partial charge in [-0.3, -0.25) is 0 Å². The molecule has 0 saturated carbocycles. The molecule has 1 aliphatic rings. The van der Waals surface area contributed by atoms with Crippen molar-refractivity contribution in [3.05, 3.63) is 93.6 Å². The summed E-state index contributed by atoms with van der Waals surface area (Å²) in [6.45, 7) is 11.0. The van der Waals surface area contributed by atoms with Crippen molar-refractivity contribution < 1.29 is 57.7 Å². The molecule has 1 unspecified atom stereocenters. The van der Waals surface area contributed by atoms with E-state index in [9.17, 15) is 0 Å². The molecule has 0 radical (unpaired) electrons. The van der Waals surface area contributed by atoms with Crippen LogP contribution in [-0.4, -0.2) is 0 Å². The predicted molar refractivity (Wildman–Crippen MR) is 99.3 cm³/mol. The number of hydrogen-bond donors (Lipinski definition) is 0. The molecule has 1 atom stereocenters. The maximum Gasteiger partial charge on any atom is -1.00 e. The zero-order chi connectivity index (χ0) is 17.5. The van der Waals surface area contributed by atoms with Gasteiger partial charge in [-0.1, -0.05) is 0 Å². The van der Waals surface area contributed by atoms with Gasteiger partial charge in [0.15, 0.2) is 0 Å². The maximum absolute atomic E-state index is 2.42. The second-order valence-corrected chi connectivity index (χ2v) is 8.78. The van der Waals surface area contributed by atoms with Crippen LogP contribution in [0.3, 0.4) is 0 Å². The summed E-state index contributed by atoms with van der Waals surface area (Å²) in [6.07, 6.45) is 7.06. The van der Waals surface area contributed by atoms with Crippen molar-refractivity contribution in [2.24, 2.45) is 0 Å². The second-order valence-electron chi connectivity index (χ2n) is 7.43. The Balaban J connectivity index is 0.00000225. The molecule has 0 nitrogen and oxygen atoms in total. The Labute approximate surface area is 194 Å². The molecule has 0 fully saturated rings. The van der Waals surface area contributed by atoms with Crippen molar-refractivity contribution in [3.63, 3.8) is 0 Å². The van der Waals surface area contributed by atoms with Crippen LogP contribution in [0.25, 0.3) is 0 Å². The molecule has 1 aliphatic carbocycles. The normalized spacial score (nSPS) is 17.7. The molecule has 3 rings (SSSR count). The summed E-state index contributed by atoms with van der Waals surface area (Å²) in [5, 5.41) is 0. The van der Waals surface area contributed by atoms with Crippen molar-refractivity contribution in [2.75, 3.05) is 0 Å². The van der Waals surface area contributed by atoms with E-state index in [2.05, 4.69) is 110 Å². The molecular formula is C23H25Cl3Ti. The summed E-state index contributed by atoms with van der Waals surface area (Å²) < 4.78 is 0.0184. The third-order valence-corrected chi connectivity index (χ3v) is 5.66. The standard InChI is InChI=1S/C23H25.3ClH.Ti/c1-15-6-7-20(10-15)23(21-11-16(2)8-17(3)12-21)22-13-18(4)9-19(5)14-22;;;;/h6-14,23H,1-5H3;3*1H;/q;;;;+3/p-3. The summed E-state index contributed by atoms with van der Waals surface area (Å²) >= 11 is 2.36. The smallest absolute Gasteiger partial charge is 1.00 e. The minimum absolute atomic E-state index is 0. The van der Waals surface area contributed by atoms with Gasteiger partial charge < -0.3 is 37.2 Å². The van der Waals surface area contributed by atoms with Gasteiger partial charge in [0, 0.05) is 0 Å². The van der Waals surface area contributed by atoms with E-state index in [0.29, 0.717) is 5.92 Å². The third-order valence-electron chi connectivity index (χ3n) is 4.72. The van der Waals surface area contributed by atoms with Crippen LogP contribution in [0.5, 0.6) is 0 Å². The average molecular weight is 456 g/mol. The molecule has 2 aromatic carbocycles. The monoisotopic (exact) mass is 454 g/mol. The van der Waals surface area contributed by atoms with Crippen LogP contribution >= 0.6 is 0 Å². The van der Waals surface area contributed by atoms with E-state index < -0.39 is 0 Å². The van der Waals surface area contributed by atoms with Gasteiger partial charge >= 0.3 is 158 Å². The van der Waals surface area contributed by atoms with Crippen molar-refractivity contribution >= 4 is 0 Å². The van der Waals surface area contributed by atoms with Crippen LogP contribution in [0.4, 0.5) is 0 Å². The number of halogens is 3. The minimum Gasteiger partial charge on any atom is -1.00 e. The van der Waals surface area contributed by atoms with Gasteiger partial charge in [-0.15, -0.1) is 0 Å². The van der Waals surface area contributed by atoms with Crippen LogP contribution in [0, 0.1) is 27.7 Å². The number of allylic oxidation sites excluding steroid dienone is 4. The zero-order valence-corrected chi connectivity index (χ0v) is 20.2. The molecule has 0 aromatic heterocycles. The first kappa shape index (κ1) is 26.5. The van der Waals surface area contributed by atoms with Gasteiger partial charge in [0.25, 0.3) is 0 Å². The molecule has 0 bridgehead atoms. The van der Waals surface area contributed by atoms with Crippen molar-refractivity contribution in [1.82, 2.24) is 0 Å². The summed E-state index contributed by atoms with van der Waals surface area (Å²) in [7, 11) is 0. The van der Waals surface area contributed by atoms with Gasteiger partial charge in [-0.25, -0.2) is 0 Å². The number of aryl methyl sites for hydroxylation is 4. The van der Waals surface area contributed by atoms with Gasteiger partial charge in [-0.05, 0) is 0 Å². The van der Waals surface area contributed by atoms with E-state index in [1.54, 1.807) is 0 Å². The van der Waals surface area contributed by atoms with E-state index in [4.69, 9.17) is 0 Å². The zero-order valence-electron chi connectivity index (χ0n) is 16.4. The van der Waals surface area contributed by atoms with Crippen molar-refractivity contribution in [2.45, 2.75) is 44.3 Å². The Morgan fingerprint density at radius 3 is 1.33 bits per heavy atom. The molecule has 0 spiro atoms. The fraction of sp³-hybridized carbons (Fsp3) is 0.304. The van der Waals surface area contributed by atoms with Gasteiger partial charge in [0.05, 0.1) is 0 Å². The van der Waals surface area contributed by atoms with Gasteiger partial charge in [-0.2, -0.15) is 0 Å². The fourth-order valence-corrected chi connectivity index (χ4v) is 5.03. The summed E-state index contributed by atoms with van der Waals surface area (Å²) in [5.41, 5.74) is 9.54. The molecule has 2 aromatic rings. The van der Waals surface area contributed by atoms with E-state index in [0.717, 1.165) is 0 Å². The predicted octanol–water partition coefficient (Wildman–Crippen LogP) is -2.71. The fourth-order valence-electron chi connectivity index (χ4n) is 4.02. The Hall–Kier alpha value is -0.496. The SMILES string of the molecule is CC1=C[C]([Ti+3])(C(c2cc(C)cc(C)c2)c2cc(C)cc(C)c2)C=C1.[Cl-].[Cl-].[Cl-]. The maximum atomic E-state index is 2.42. The molecular weight excluding hydrogens is 430 g/mol. The van der Waals surface area contributed by atoms with E-state index in [1.165, 1.54) is 39.0 Å². The Bertz CT molecular complexity index is 763. The second kappa shape index (κ2) is 10.3. The first-order chi connectivity index (χ1) is 11.3. The summed E-state index contributed by atoms with van der Waals surface area (Å²) in [6, 6.07) is 13.9. The van der Waals surface area contributed by atoms with E-state index in [1.807, 2.05) is 0 Å². The molecule has 0 aliphatic heterocycles. The Kier molecular flexibility index (Phi) is 10.1. The summed E-state index contributed by atoms with van der Waals surface area (Å²) in [4.78, 5) is 0. The molecule has 0 saturated heterocycles. The topological polar surface area (TPSA) is 0 Å². The number of hydrogen-bond acceptors (Lipinski definition) is 0. The number of benzene rings is 2.